The van der Waals surface area contributed by atoms with E-state index in [0.717, 1.165) is 11.1 Å². The van der Waals surface area contributed by atoms with Crippen LogP contribution in [0.1, 0.15) is 11.1 Å². The highest BCUT2D eigenvalue weighted by Gasteiger charge is 2.29. The van der Waals surface area contributed by atoms with Crippen molar-refractivity contribution in [2.75, 3.05) is 18.5 Å². The first-order valence-corrected chi connectivity index (χ1v) is 10.1. The molecule has 146 valence electrons. The van der Waals surface area contributed by atoms with Crippen molar-refractivity contribution in [3.63, 3.8) is 0 Å². The lowest BCUT2D eigenvalue weighted by atomic mass is 10.2. The van der Waals surface area contributed by atoms with Crippen molar-refractivity contribution in [2.45, 2.75) is 18.4 Å². The van der Waals surface area contributed by atoms with E-state index < -0.39 is 10.0 Å². The summed E-state index contributed by atoms with van der Waals surface area (Å²) in [5.74, 6) is 0.689. The Hall–Kier alpha value is -3.06. The molecule has 0 saturated carbocycles. The van der Waals surface area contributed by atoms with Crippen molar-refractivity contribution in [1.82, 2.24) is 4.98 Å². The molecule has 7 heteroatoms. The summed E-state index contributed by atoms with van der Waals surface area (Å²) in [6.45, 7) is 2.06. The van der Waals surface area contributed by atoms with Gasteiger partial charge in [0.15, 0.2) is 0 Å². The van der Waals surface area contributed by atoms with Gasteiger partial charge in [0.1, 0.15) is 16.4 Å². The van der Waals surface area contributed by atoms with Gasteiger partial charge in [-0.1, -0.05) is 18.2 Å². The maximum Gasteiger partial charge on any atom is 0.268 e. The average Bonchev–Trinajstić information content (AvgIpc) is 2.72. The minimum absolute atomic E-state index is 0.0414. The highest BCUT2D eigenvalue weighted by molar-refractivity contribution is 7.93. The Kier molecular flexibility index (Phi) is 5.84. The average molecular weight is 398 g/mol. The maximum absolute atomic E-state index is 13.7. The van der Waals surface area contributed by atoms with E-state index >= 15 is 0 Å². The summed E-state index contributed by atoms with van der Waals surface area (Å²) in [5.41, 5.74) is 2.30. The van der Waals surface area contributed by atoms with Gasteiger partial charge >= 0.3 is 0 Å². The molecule has 0 N–H and O–H groups in total. The number of hydrogen-bond donors (Lipinski definition) is 0. The van der Waals surface area contributed by atoms with Gasteiger partial charge in [-0.2, -0.15) is 0 Å². The molecule has 1 aromatic heterocycles. The minimum atomic E-state index is -3.94. The second kappa shape index (κ2) is 8.31. The Morgan fingerprint density at radius 1 is 1.00 bits per heavy atom. The van der Waals surface area contributed by atoms with Gasteiger partial charge in [0.25, 0.3) is 10.0 Å². The van der Waals surface area contributed by atoms with E-state index in [2.05, 4.69) is 4.98 Å². The summed E-state index contributed by atoms with van der Waals surface area (Å²) < 4.78 is 39.2. The summed E-state index contributed by atoms with van der Waals surface area (Å²) in [7, 11) is -1.01. The highest BCUT2D eigenvalue weighted by atomic mass is 32.2. The van der Waals surface area contributed by atoms with Crippen molar-refractivity contribution in [2.24, 2.45) is 0 Å². The highest BCUT2D eigenvalue weighted by Crippen LogP contribution is 2.34. The first kappa shape index (κ1) is 19.7. The Balaban J connectivity index is 2.16. The summed E-state index contributed by atoms with van der Waals surface area (Å²) in [4.78, 5) is 4.14. The van der Waals surface area contributed by atoms with Crippen LogP contribution in [0.4, 0.5) is 5.69 Å². The number of aromatic nitrogens is 1. The zero-order chi connectivity index (χ0) is 20.1. The third-order valence-corrected chi connectivity index (χ3v) is 6.07. The van der Waals surface area contributed by atoms with E-state index in [1.165, 1.54) is 24.6 Å². The van der Waals surface area contributed by atoms with Gasteiger partial charge in [0.2, 0.25) is 0 Å². The van der Waals surface area contributed by atoms with Crippen molar-refractivity contribution >= 4 is 15.7 Å². The molecule has 3 aromatic rings. The normalized spacial score (nSPS) is 11.1. The molecule has 0 aliphatic rings. The lowest BCUT2D eigenvalue weighted by Gasteiger charge is -2.26. The summed E-state index contributed by atoms with van der Waals surface area (Å²) in [5, 5.41) is 0. The Morgan fingerprint density at radius 3 is 2.46 bits per heavy atom. The molecule has 0 spiro atoms. The first-order valence-electron chi connectivity index (χ1n) is 8.66. The largest absolute Gasteiger partial charge is 0.497 e. The molecular weight excluding hydrogens is 376 g/mol. The molecule has 0 bridgehead atoms. The number of sulfonamides is 1. The molecule has 0 aliphatic heterocycles. The molecule has 0 unspecified atom stereocenters. The lowest BCUT2D eigenvalue weighted by Crippen LogP contribution is -2.31. The van der Waals surface area contributed by atoms with Crippen LogP contribution < -0.4 is 13.8 Å². The van der Waals surface area contributed by atoms with Crippen molar-refractivity contribution in [3.8, 4) is 11.5 Å². The minimum Gasteiger partial charge on any atom is -0.497 e. The van der Waals surface area contributed by atoms with Crippen molar-refractivity contribution in [3.05, 3.63) is 78.1 Å². The van der Waals surface area contributed by atoms with Gasteiger partial charge in [-0.25, -0.2) is 8.42 Å². The van der Waals surface area contributed by atoms with Gasteiger partial charge in [-0.15, -0.1) is 0 Å². The van der Waals surface area contributed by atoms with Crippen LogP contribution in [-0.4, -0.2) is 27.6 Å². The van der Waals surface area contributed by atoms with Crippen LogP contribution in [0, 0.1) is 6.92 Å². The van der Waals surface area contributed by atoms with E-state index in [9.17, 15) is 8.42 Å². The molecule has 28 heavy (non-hydrogen) atoms. The zero-order valence-corrected chi connectivity index (χ0v) is 16.8. The van der Waals surface area contributed by atoms with Gasteiger partial charge < -0.3 is 9.47 Å². The second-order valence-corrected chi connectivity index (χ2v) is 8.06. The molecule has 2 aromatic carbocycles. The first-order chi connectivity index (χ1) is 13.5. The van der Waals surface area contributed by atoms with Crippen LogP contribution in [0.25, 0.3) is 0 Å². The number of hydrogen-bond acceptors (Lipinski definition) is 5. The quantitative estimate of drug-likeness (QED) is 0.605. The summed E-state index contributed by atoms with van der Waals surface area (Å²) in [6, 6.07) is 15.7. The van der Waals surface area contributed by atoms with Crippen molar-refractivity contribution in [1.29, 1.82) is 0 Å². The van der Waals surface area contributed by atoms with Crippen LogP contribution in [0.15, 0.2) is 71.9 Å². The zero-order valence-electron chi connectivity index (χ0n) is 16.0. The maximum atomic E-state index is 13.7. The fraction of sp³-hybridized carbons (Fsp3) is 0.190. The van der Waals surface area contributed by atoms with E-state index in [0.29, 0.717) is 11.4 Å². The SMILES string of the molecule is COc1ccc(OC)c(S(=O)(=O)N(Cc2cccnc2)c2cccc(C)c2)c1. The number of ether oxygens (including phenoxy) is 2. The van der Waals surface area contributed by atoms with Crippen molar-refractivity contribution < 1.29 is 17.9 Å². The number of benzene rings is 2. The van der Waals surface area contributed by atoms with Gasteiger partial charge in [0.05, 0.1) is 26.5 Å². The Bertz CT molecular complexity index is 1050. The Labute approximate surface area is 165 Å². The molecule has 0 atom stereocenters. The molecule has 0 saturated heterocycles. The van der Waals surface area contributed by atoms with Crippen LogP contribution >= 0.6 is 0 Å². The number of methoxy groups -OCH3 is 2. The molecule has 6 nitrogen and oxygen atoms in total. The lowest BCUT2D eigenvalue weighted by molar-refractivity contribution is 0.392. The molecular formula is C21H22N2O4S. The second-order valence-electron chi connectivity index (χ2n) is 6.23. The topological polar surface area (TPSA) is 68.7 Å². The third-order valence-electron chi connectivity index (χ3n) is 4.28. The predicted octanol–water partition coefficient (Wildman–Crippen LogP) is 3.80. The Morgan fingerprint density at radius 2 is 1.82 bits per heavy atom. The molecule has 1 heterocycles. The van der Waals surface area contributed by atoms with E-state index in [4.69, 9.17) is 9.47 Å². The van der Waals surface area contributed by atoms with Gasteiger partial charge in [-0.05, 0) is 48.4 Å². The standard InChI is InChI=1S/C21H22N2O4S/c1-16-6-4-8-18(12-16)23(15-17-7-5-11-22-14-17)28(24,25)21-13-19(26-2)9-10-20(21)27-3/h4-14H,15H2,1-3H3. The number of pyridine rings is 1. The van der Waals surface area contributed by atoms with Crippen LogP contribution in [0.5, 0.6) is 11.5 Å². The van der Waals surface area contributed by atoms with E-state index in [1.54, 1.807) is 36.7 Å². The van der Waals surface area contributed by atoms with Crippen LogP contribution in [0.3, 0.4) is 0 Å². The summed E-state index contributed by atoms with van der Waals surface area (Å²) in [6.07, 6.45) is 3.31. The smallest absolute Gasteiger partial charge is 0.268 e. The molecule has 0 fully saturated rings. The van der Waals surface area contributed by atoms with Crippen LogP contribution in [0.2, 0.25) is 0 Å². The number of rotatable bonds is 7. The number of nitrogens with zero attached hydrogens (tertiary/aromatic N) is 2. The molecule has 0 aliphatic carbocycles. The fourth-order valence-electron chi connectivity index (χ4n) is 2.86. The predicted molar refractivity (Wildman–Crippen MR) is 108 cm³/mol. The fourth-order valence-corrected chi connectivity index (χ4v) is 4.48. The monoisotopic (exact) mass is 398 g/mol. The van der Waals surface area contributed by atoms with E-state index in [1.807, 2.05) is 31.2 Å². The number of anilines is 1. The molecule has 3 rings (SSSR count). The summed E-state index contributed by atoms with van der Waals surface area (Å²) >= 11 is 0. The molecule has 0 radical (unpaired) electrons. The third kappa shape index (κ3) is 4.09. The van der Waals surface area contributed by atoms with Crippen LogP contribution in [-0.2, 0) is 16.6 Å². The van der Waals surface area contributed by atoms with Gasteiger partial charge in [0, 0.05) is 18.5 Å². The molecule has 0 amide bonds. The van der Waals surface area contributed by atoms with Gasteiger partial charge in [-0.3, -0.25) is 9.29 Å². The number of aryl methyl sites for hydroxylation is 1. The van der Waals surface area contributed by atoms with E-state index in [-0.39, 0.29) is 17.2 Å².